The van der Waals surface area contributed by atoms with Gasteiger partial charge < -0.3 is 10.4 Å². The van der Waals surface area contributed by atoms with Gasteiger partial charge >= 0.3 is 0 Å². The second-order valence-corrected chi connectivity index (χ2v) is 5.60. The van der Waals surface area contributed by atoms with E-state index in [2.05, 4.69) is 5.32 Å². The van der Waals surface area contributed by atoms with Gasteiger partial charge in [-0.15, -0.1) is 0 Å². The molecule has 1 aliphatic carbocycles. The van der Waals surface area contributed by atoms with Crippen LogP contribution in [-0.4, -0.2) is 17.1 Å². The van der Waals surface area contributed by atoms with Gasteiger partial charge in [0.25, 0.3) is 0 Å². The maximum atomic E-state index is 12.4. The molecule has 1 aliphatic rings. The molecule has 1 amide bonds. The Labute approximate surface area is 124 Å². The fourth-order valence-electron chi connectivity index (χ4n) is 2.90. The molecule has 3 heteroatoms. The number of carbonyl (C=O) groups excluding carboxylic acids is 1. The maximum absolute atomic E-state index is 12.4. The Kier molecular flexibility index (Phi) is 3.76. The first-order valence-corrected chi connectivity index (χ1v) is 7.28. The predicted molar refractivity (Wildman–Crippen MR) is 81.9 cm³/mol. The number of amides is 1. The lowest BCUT2D eigenvalue weighted by molar-refractivity contribution is -0.123. The second-order valence-electron chi connectivity index (χ2n) is 5.60. The van der Waals surface area contributed by atoms with Gasteiger partial charge in [0.1, 0.15) is 0 Å². The van der Waals surface area contributed by atoms with Gasteiger partial charge in [0.05, 0.1) is 18.1 Å². The average Bonchev–Trinajstić information content (AvgIpc) is 2.84. The van der Waals surface area contributed by atoms with Crippen LogP contribution in [0.25, 0.3) is 0 Å². The van der Waals surface area contributed by atoms with Crippen molar-refractivity contribution in [3.8, 4) is 0 Å². The van der Waals surface area contributed by atoms with E-state index >= 15 is 0 Å². The van der Waals surface area contributed by atoms with Gasteiger partial charge in [-0.1, -0.05) is 54.6 Å². The lowest BCUT2D eigenvalue weighted by Gasteiger charge is -2.20. The summed E-state index contributed by atoms with van der Waals surface area (Å²) in [5, 5.41) is 13.3. The number of rotatable bonds is 3. The van der Waals surface area contributed by atoms with Gasteiger partial charge in [0.2, 0.25) is 5.91 Å². The van der Waals surface area contributed by atoms with E-state index in [4.69, 9.17) is 0 Å². The summed E-state index contributed by atoms with van der Waals surface area (Å²) < 4.78 is 0. The van der Waals surface area contributed by atoms with Gasteiger partial charge in [-0.05, 0) is 30.0 Å². The molecule has 0 saturated heterocycles. The van der Waals surface area contributed by atoms with E-state index in [0.717, 1.165) is 16.7 Å². The van der Waals surface area contributed by atoms with Crippen molar-refractivity contribution in [2.75, 3.05) is 0 Å². The summed E-state index contributed by atoms with van der Waals surface area (Å²) in [6.07, 6.45) is 0.0676. The van der Waals surface area contributed by atoms with Crippen LogP contribution in [0, 0.1) is 0 Å². The Bertz CT molecular complexity index is 639. The molecule has 2 N–H and O–H groups in total. The third kappa shape index (κ3) is 2.69. The van der Waals surface area contributed by atoms with Crippen LogP contribution < -0.4 is 5.32 Å². The molecule has 0 aliphatic heterocycles. The number of aliphatic hydroxyl groups is 1. The van der Waals surface area contributed by atoms with Crippen LogP contribution in [0.3, 0.4) is 0 Å². The van der Waals surface area contributed by atoms with E-state index in [-0.39, 0.29) is 17.9 Å². The van der Waals surface area contributed by atoms with Crippen LogP contribution in [-0.2, 0) is 11.2 Å². The monoisotopic (exact) mass is 281 g/mol. The summed E-state index contributed by atoms with van der Waals surface area (Å²) in [4.78, 5) is 12.4. The van der Waals surface area contributed by atoms with Crippen molar-refractivity contribution in [1.29, 1.82) is 0 Å². The number of aliphatic hydroxyl groups excluding tert-OH is 1. The molecule has 0 spiro atoms. The quantitative estimate of drug-likeness (QED) is 0.908. The summed E-state index contributed by atoms with van der Waals surface area (Å²) in [7, 11) is 0. The predicted octanol–water partition coefficient (Wildman–Crippen LogP) is 2.56. The van der Waals surface area contributed by atoms with Gasteiger partial charge in [0.15, 0.2) is 0 Å². The summed E-state index contributed by atoms with van der Waals surface area (Å²) in [6, 6.07) is 17.3. The van der Waals surface area contributed by atoms with E-state index in [1.165, 1.54) is 0 Å². The topological polar surface area (TPSA) is 49.3 Å². The minimum absolute atomic E-state index is 0.0435. The Balaban J connectivity index is 1.70. The zero-order valence-electron chi connectivity index (χ0n) is 12.0. The van der Waals surface area contributed by atoms with Crippen molar-refractivity contribution in [2.45, 2.75) is 31.4 Å². The molecule has 3 rings (SSSR count). The number of nitrogens with one attached hydrogen (secondary N) is 1. The number of benzene rings is 2. The normalized spacial score (nSPS) is 21.6. The Hall–Kier alpha value is -2.13. The van der Waals surface area contributed by atoms with Gasteiger partial charge in [0, 0.05) is 0 Å². The Morgan fingerprint density at radius 3 is 2.52 bits per heavy atom. The number of carbonyl (C=O) groups is 1. The molecule has 0 fully saturated rings. The highest BCUT2D eigenvalue weighted by molar-refractivity contribution is 5.83. The van der Waals surface area contributed by atoms with Crippen LogP contribution in [0.4, 0.5) is 0 Å². The van der Waals surface area contributed by atoms with Crippen LogP contribution in [0.15, 0.2) is 54.6 Å². The van der Waals surface area contributed by atoms with Gasteiger partial charge in [-0.3, -0.25) is 4.79 Å². The molecule has 0 bridgehead atoms. The maximum Gasteiger partial charge on any atom is 0.227 e. The van der Waals surface area contributed by atoms with Crippen molar-refractivity contribution in [2.24, 2.45) is 0 Å². The van der Waals surface area contributed by atoms with Gasteiger partial charge in [-0.25, -0.2) is 0 Å². The standard InChI is InChI=1S/C18H19NO2/c1-12(13-7-3-2-4-8-13)18(21)19-16-11-14-9-5-6-10-15(14)17(16)20/h2-10,12,16-17,20H,11H2,1H3,(H,19,21)/t12-,16-,17+/m0/s1. The minimum Gasteiger partial charge on any atom is -0.386 e. The highest BCUT2D eigenvalue weighted by Crippen LogP contribution is 2.31. The van der Waals surface area contributed by atoms with Gasteiger partial charge in [-0.2, -0.15) is 0 Å². The van der Waals surface area contributed by atoms with Crippen LogP contribution in [0.5, 0.6) is 0 Å². The van der Waals surface area contributed by atoms with Crippen LogP contribution >= 0.6 is 0 Å². The molecule has 0 heterocycles. The molecular weight excluding hydrogens is 262 g/mol. The van der Waals surface area contributed by atoms with E-state index in [0.29, 0.717) is 6.42 Å². The molecule has 2 aromatic carbocycles. The van der Waals surface area contributed by atoms with Crippen molar-refractivity contribution in [1.82, 2.24) is 5.32 Å². The first-order chi connectivity index (χ1) is 10.2. The van der Waals surface area contributed by atoms with Crippen molar-refractivity contribution in [3.05, 3.63) is 71.3 Å². The summed E-state index contributed by atoms with van der Waals surface area (Å²) in [6.45, 7) is 1.89. The molecular formula is C18H19NO2. The third-order valence-corrected chi connectivity index (χ3v) is 4.22. The second kappa shape index (κ2) is 5.70. The number of hydrogen-bond acceptors (Lipinski definition) is 2. The van der Waals surface area contributed by atoms with Crippen LogP contribution in [0.2, 0.25) is 0 Å². The molecule has 2 aromatic rings. The molecule has 3 atom stereocenters. The zero-order valence-corrected chi connectivity index (χ0v) is 12.0. The van der Waals surface area contributed by atoms with Crippen molar-refractivity contribution in [3.63, 3.8) is 0 Å². The Morgan fingerprint density at radius 2 is 1.81 bits per heavy atom. The largest absolute Gasteiger partial charge is 0.386 e. The lowest BCUT2D eigenvalue weighted by Crippen LogP contribution is -2.40. The minimum atomic E-state index is -0.617. The van der Waals surface area contributed by atoms with E-state index in [9.17, 15) is 9.90 Å². The van der Waals surface area contributed by atoms with E-state index < -0.39 is 6.10 Å². The van der Waals surface area contributed by atoms with Crippen molar-refractivity contribution >= 4 is 5.91 Å². The smallest absolute Gasteiger partial charge is 0.227 e. The van der Waals surface area contributed by atoms with E-state index in [1.54, 1.807) is 0 Å². The summed E-state index contributed by atoms with van der Waals surface area (Å²) >= 11 is 0. The molecule has 3 nitrogen and oxygen atoms in total. The summed E-state index contributed by atoms with van der Waals surface area (Å²) in [5.41, 5.74) is 3.03. The molecule has 0 unspecified atom stereocenters. The lowest BCUT2D eigenvalue weighted by atomic mass is 10.00. The average molecular weight is 281 g/mol. The number of hydrogen-bond donors (Lipinski definition) is 2. The zero-order chi connectivity index (χ0) is 14.8. The van der Waals surface area contributed by atoms with E-state index in [1.807, 2.05) is 61.5 Å². The SMILES string of the molecule is C[C@H](C(=O)N[C@H]1Cc2ccccc2[C@H]1O)c1ccccc1. The third-order valence-electron chi connectivity index (χ3n) is 4.22. The molecule has 0 saturated carbocycles. The van der Waals surface area contributed by atoms with Crippen molar-refractivity contribution < 1.29 is 9.90 Å². The molecule has 0 aromatic heterocycles. The first-order valence-electron chi connectivity index (χ1n) is 7.28. The fraction of sp³-hybridized carbons (Fsp3) is 0.278. The first kappa shape index (κ1) is 13.8. The molecule has 21 heavy (non-hydrogen) atoms. The highest BCUT2D eigenvalue weighted by Gasteiger charge is 2.32. The fourth-order valence-corrected chi connectivity index (χ4v) is 2.90. The number of fused-ring (bicyclic) bond motifs is 1. The highest BCUT2D eigenvalue weighted by atomic mass is 16.3. The molecule has 0 radical (unpaired) electrons. The Morgan fingerprint density at radius 1 is 1.14 bits per heavy atom. The summed E-state index contributed by atoms with van der Waals surface area (Å²) in [5.74, 6) is -0.264. The van der Waals surface area contributed by atoms with Crippen LogP contribution in [0.1, 0.15) is 35.6 Å². The molecule has 108 valence electrons.